The Kier molecular flexibility index (Phi) is 23.7. The fraction of sp³-hybridized carbons (Fsp3) is 0.744. The van der Waals surface area contributed by atoms with Crippen LogP contribution in [0, 0.1) is 11.3 Å². The van der Waals surface area contributed by atoms with Crippen molar-refractivity contribution in [2.24, 2.45) is 11.3 Å². The summed E-state index contributed by atoms with van der Waals surface area (Å²) in [6, 6.07) is 9.14. The Hall–Kier alpha value is -3.34. The molecule has 1 amide bonds. The Labute approximate surface area is 300 Å². The SMILES string of the molecule is CCCCCCCCCCCCOC(=O)C(C)(COC(=O)OCc1ccccc1)COC(=O)[C@@H](CCCO)CCCCNC(=O)OC(C)(C)C. The molecule has 11 heteroatoms. The van der Waals surface area contributed by atoms with Crippen molar-refractivity contribution in [2.75, 3.05) is 33.0 Å². The lowest BCUT2D eigenvalue weighted by molar-refractivity contribution is -0.168. The van der Waals surface area contributed by atoms with Crippen LogP contribution in [0.25, 0.3) is 0 Å². The van der Waals surface area contributed by atoms with Crippen molar-refractivity contribution < 1.29 is 48.0 Å². The molecule has 0 fully saturated rings. The predicted octanol–water partition coefficient (Wildman–Crippen LogP) is 8.44. The second-order valence-electron chi connectivity index (χ2n) is 14.3. The average molecular weight is 708 g/mol. The molecule has 11 nitrogen and oxygen atoms in total. The molecule has 286 valence electrons. The minimum Gasteiger partial charge on any atom is -0.465 e. The molecule has 0 heterocycles. The van der Waals surface area contributed by atoms with Gasteiger partial charge in [-0.3, -0.25) is 9.59 Å². The summed E-state index contributed by atoms with van der Waals surface area (Å²) in [7, 11) is 0. The zero-order valence-corrected chi connectivity index (χ0v) is 31.4. The van der Waals surface area contributed by atoms with Gasteiger partial charge in [0, 0.05) is 13.2 Å². The smallest absolute Gasteiger partial charge is 0.465 e. The summed E-state index contributed by atoms with van der Waals surface area (Å²) in [5, 5.41) is 12.1. The zero-order valence-electron chi connectivity index (χ0n) is 31.4. The first-order valence-electron chi connectivity index (χ1n) is 18.6. The molecule has 1 rings (SSSR count). The molecule has 0 aliphatic carbocycles. The maximum Gasteiger partial charge on any atom is 0.508 e. The topological polar surface area (TPSA) is 147 Å². The number of ether oxygens (including phenoxy) is 5. The van der Waals surface area contributed by atoms with Crippen molar-refractivity contribution in [3.05, 3.63) is 35.9 Å². The number of aliphatic hydroxyl groups excluding tert-OH is 1. The van der Waals surface area contributed by atoms with E-state index in [1.807, 2.05) is 30.3 Å². The van der Waals surface area contributed by atoms with Gasteiger partial charge in [-0.1, -0.05) is 101 Å². The van der Waals surface area contributed by atoms with E-state index < -0.39 is 47.7 Å². The molecule has 0 saturated heterocycles. The van der Waals surface area contributed by atoms with Crippen LogP contribution in [0.2, 0.25) is 0 Å². The number of aliphatic hydroxyl groups is 1. The highest BCUT2D eigenvalue weighted by atomic mass is 16.7. The van der Waals surface area contributed by atoms with Crippen LogP contribution in [-0.4, -0.2) is 67.9 Å². The molecular weight excluding hydrogens is 642 g/mol. The first kappa shape index (κ1) is 44.7. The fourth-order valence-electron chi connectivity index (χ4n) is 5.15. The largest absolute Gasteiger partial charge is 0.508 e. The van der Waals surface area contributed by atoms with Crippen LogP contribution < -0.4 is 5.32 Å². The highest BCUT2D eigenvalue weighted by Crippen LogP contribution is 2.24. The molecule has 0 aliphatic rings. The maximum absolute atomic E-state index is 13.3. The molecule has 50 heavy (non-hydrogen) atoms. The number of hydrogen-bond acceptors (Lipinski definition) is 10. The fourth-order valence-corrected chi connectivity index (χ4v) is 5.15. The zero-order chi connectivity index (χ0) is 37.1. The van der Waals surface area contributed by atoms with Crippen LogP contribution in [0.15, 0.2) is 30.3 Å². The number of alkyl carbamates (subject to hydrolysis) is 1. The number of carbonyl (C=O) groups is 4. The Balaban J connectivity index is 2.69. The van der Waals surface area contributed by atoms with Gasteiger partial charge < -0.3 is 34.1 Å². The van der Waals surface area contributed by atoms with Gasteiger partial charge >= 0.3 is 24.2 Å². The van der Waals surface area contributed by atoms with Gasteiger partial charge in [-0.25, -0.2) is 9.59 Å². The van der Waals surface area contributed by atoms with Crippen LogP contribution in [0.3, 0.4) is 0 Å². The monoisotopic (exact) mass is 707 g/mol. The Bertz CT molecular complexity index is 1070. The summed E-state index contributed by atoms with van der Waals surface area (Å²) in [5.74, 6) is -1.66. The second-order valence-corrected chi connectivity index (χ2v) is 14.3. The number of amides is 1. The molecule has 0 radical (unpaired) electrons. The normalized spacial score (nSPS) is 13.1. The van der Waals surface area contributed by atoms with E-state index in [-0.39, 0.29) is 26.4 Å². The number of rotatable bonds is 27. The molecule has 0 aromatic heterocycles. The van der Waals surface area contributed by atoms with Crippen molar-refractivity contribution in [1.82, 2.24) is 5.32 Å². The van der Waals surface area contributed by atoms with Crippen LogP contribution in [0.1, 0.15) is 136 Å². The lowest BCUT2D eigenvalue weighted by Crippen LogP contribution is -2.41. The quantitative estimate of drug-likeness (QED) is 0.0519. The van der Waals surface area contributed by atoms with E-state index in [4.69, 9.17) is 23.7 Å². The summed E-state index contributed by atoms with van der Waals surface area (Å²) in [6.45, 7) is 8.90. The predicted molar refractivity (Wildman–Crippen MR) is 192 cm³/mol. The van der Waals surface area contributed by atoms with E-state index in [0.29, 0.717) is 45.1 Å². The first-order chi connectivity index (χ1) is 23.9. The van der Waals surface area contributed by atoms with E-state index in [1.54, 1.807) is 20.8 Å². The van der Waals surface area contributed by atoms with Gasteiger partial charge in [-0.05, 0) is 65.4 Å². The number of benzene rings is 1. The molecule has 2 N–H and O–H groups in total. The average Bonchev–Trinajstić information content (AvgIpc) is 3.08. The molecule has 1 aromatic rings. The van der Waals surface area contributed by atoms with Crippen LogP contribution in [0.5, 0.6) is 0 Å². The summed E-state index contributed by atoms with van der Waals surface area (Å²) >= 11 is 0. The molecular formula is C39H65NO10. The third kappa shape index (κ3) is 22.4. The maximum atomic E-state index is 13.3. The van der Waals surface area contributed by atoms with E-state index in [0.717, 1.165) is 24.8 Å². The van der Waals surface area contributed by atoms with E-state index in [9.17, 15) is 24.3 Å². The van der Waals surface area contributed by atoms with Crippen LogP contribution in [0.4, 0.5) is 9.59 Å². The van der Waals surface area contributed by atoms with E-state index in [2.05, 4.69) is 12.2 Å². The Morgan fingerprint density at radius 1 is 0.720 bits per heavy atom. The van der Waals surface area contributed by atoms with Crippen molar-refractivity contribution in [1.29, 1.82) is 0 Å². The van der Waals surface area contributed by atoms with Gasteiger partial charge in [0.2, 0.25) is 0 Å². The number of carbonyl (C=O) groups excluding carboxylic acids is 4. The van der Waals surface area contributed by atoms with Gasteiger partial charge in [0.1, 0.15) is 30.8 Å². The molecule has 0 saturated carbocycles. The van der Waals surface area contributed by atoms with Gasteiger partial charge in [0.05, 0.1) is 12.5 Å². The minimum absolute atomic E-state index is 0.00832. The van der Waals surface area contributed by atoms with Crippen LogP contribution in [-0.2, 0) is 39.9 Å². The minimum atomic E-state index is -1.46. The molecule has 0 bridgehead atoms. The summed E-state index contributed by atoms with van der Waals surface area (Å²) in [4.78, 5) is 50.9. The molecule has 0 spiro atoms. The summed E-state index contributed by atoms with van der Waals surface area (Å²) in [6.07, 6.45) is 12.5. The summed E-state index contributed by atoms with van der Waals surface area (Å²) < 4.78 is 27.0. The van der Waals surface area contributed by atoms with Gasteiger partial charge in [0.15, 0.2) is 0 Å². The molecule has 2 atom stereocenters. The van der Waals surface area contributed by atoms with E-state index >= 15 is 0 Å². The van der Waals surface area contributed by atoms with Crippen molar-refractivity contribution in [3.8, 4) is 0 Å². The van der Waals surface area contributed by atoms with Gasteiger partial charge in [-0.2, -0.15) is 0 Å². The highest BCUT2D eigenvalue weighted by Gasteiger charge is 2.39. The lowest BCUT2D eigenvalue weighted by atomic mass is 9.92. The molecule has 0 aliphatic heterocycles. The first-order valence-corrected chi connectivity index (χ1v) is 18.6. The Morgan fingerprint density at radius 2 is 1.32 bits per heavy atom. The van der Waals surface area contributed by atoms with Gasteiger partial charge in [-0.15, -0.1) is 0 Å². The second kappa shape index (κ2) is 26.5. The lowest BCUT2D eigenvalue weighted by Gasteiger charge is -2.27. The third-order valence-corrected chi connectivity index (χ3v) is 8.16. The highest BCUT2D eigenvalue weighted by molar-refractivity contribution is 5.78. The van der Waals surface area contributed by atoms with E-state index in [1.165, 1.54) is 45.4 Å². The number of nitrogens with one attached hydrogen (secondary N) is 1. The van der Waals surface area contributed by atoms with Crippen LogP contribution >= 0.6 is 0 Å². The number of esters is 2. The van der Waals surface area contributed by atoms with Crippen molar-refractivity contribution >= 4 is 24.2 Å². The molecule has 1 aromatic carbocycles. The standard InChI is InChI=1S/C39H65NO10/c1-6-7-8-9-10-11-12-13-14-20-28-46-35(43)39(5,31-49-37(45)47-29-32-22-16-15-17-23-32)30-48-34(42)33(25-21-27-41)24-18-19-26-40-36(44)50-38(2,3)4/h15-17,22-23,33,41H,6-14,18-21,24-31H2,1-5H3,(H,40,44)/t33-,39?/m1/s1. The van der Waals surface area contributed by atoms with Crippen molar-refractivity contribution in [3.63, 3.8) is 0 Å². The third-order valence-electron chi connectivity index (χ3n) is 8.16. The Morgan fingerprint density at radius 3 is 1.94 bits per heavy atom. The summed E-state index contributed by atoms with van der Waals surface area (Å²) in [5.41, 5.74) is -1.27. The molecule has 1 unspecified atom stereocenters. The van der Waals surface area contributed by atoms with Gasteiger partial charge in [0.25, 0.3) is 0 Å². The van der Waals surface area contributed by atoms with Crippen molar-refractivity contribution in [2.45, 2.75) is 143 Å². The number of unbranched alkanes of at least 4 members (excludes halogenated alkanes) is 10. The number of hydrogen-bond donors (Lipinski definition) is 2.